The summed E-state index contributed by atoms with van der Waals surface area (Å²) in [6.07, 6.45) is 46.6. The van der Waals surface area contributed by atoms with Crippen molar-refractivity contribution in [2.75, 3.05) is 19.6 Å². The maximum atomic E-state index is 2.83. The Morgan fingerprint density at radius 2 is 0.359 bits per heavy atom. The van der Waals surface area contributed by atoms with Gasteiger partial charge in [0.2, 0.25) is 0 Å². The molecule has 0 radical (unpaired) electrons. The van der Waals surface area contributed by atoms with E-state index in [2.05, 4.69) is 25.7 Å². The molecule has 0 spiro atoms. The van der Waals surface area contributed by atoms with Gasteiger partial charge in [0.25, 0.3) is 0 Å². The SMILES string of the molecule is CCCCCCCCCCCCCCCCCCCCCCN(CCCCCCCC)CCCCCCCC. The van der Waals surface area contributed by atoms with E-state index in [1.54, 1.807) is 0 Å². The van der Waals surface area contributed by atoms with Crippen LogP contribution in [0.2, 0.25) is 0 Å². The molecule has 0 saturated carbocycles. The van der Waals surface area contributed by atoms with Gasteiger partial charge in [0.1, 0.15) is 0 Å². The van der Waals surface area contributed by atoms with Gasteiger partial charge < -0.3 is 4.90 Å². The fourth-order valence-electron chi connectivity index (χ4n) is 6.16. The van der Waals surface area contributed by atoms with Gasteiger partial charge in [-0.05, 0) is 38.9 Å². The minimum Gasteiger partial charge on any atom is -0.303 e. The molecule has 0 N–H and O–H groups in total. The summed E-state index contributed by atoms with van der Waals surface area (Å²) < 4.78 is 0. The molecule has 0 amide bonds. The second-order valence-corrected chi connectivity index (χ2v) is 13.1. The average molecular weight is 550 g/mol. The third-order valence-electron chi connectivity index (χ3n) is 8.98. The molecule has 0 rings (SSSR count). The highest BCUT2D eigenvalue weighted by molar-refractivity contribution is 4.61. The summed E-state index contributed by atoms with van der Waals surface area (Å²) in [6.45, 7) is 11.0. The van der Waals surface area contributed by atoms with Crippen molar-refractivity contribution in [3.05, 3.63) is 0 Å². The molecular formula is C38H79N. The minimum absolute atomic E-state index is 1.36. The van der Waals surface area contributed by atoms with Crippen LogP contribution in [0.3, 0.4) is 0 Å². The Balaban J connectivity index is 3.54. The average Bonchev–Trinajstić information content (AvgIpc) is 2.95. The van der Waals surface area contributed by atoms with Crippen molar-refractivity contribution in [1.29, 1.82) is 0 Å². The van der Waals surface area contributed by atoms with Crippen LogP contribution in [0, 0.1) is 0 Å². The minimum atomic E-state index is 1.36. The van der Waals surface area contributed by atoms with E-state index in [1.807, 2.05) is 0 Å². The van der Waals surface area contributed by atoms with Gasteiger partial charge in [0.05, 0.1) is 0 Å². The largest absolute Gasteiger partial charge is 0.303 e. The van der Waals surface area contributed by atoms with Gasteiger partial charge in [-0.15, -0.1) is 0 Å². The van der Waals surface area contributed by atoms with E-state index in [0.717, 1.165) is 0 Å². The van der Waals surface area contributed by atoms with E-state index in [4.69, 9.17) is 0 Å². The topological polar surface area (TPSA) is 3.24 Å². The molecule has 0 aromatic heterocycles. The van der Waals surface area contributed by atoms with Crippen LogP contribution < -0.4 is 0 Å². The quantitative estimate of drug-likeness (QED) is 0.0710. The summed E-state index contributed by atoms with van der Waals surface area (Å²) in [5.41, 5.74) is 0. The van der Waals surface area contributed by atoms with Crippen molar-refractivity contribution >= 4 is 0 Å². The Bertz CT molecular complexity index is 390. The Morgan fingerprint density at radius 1 is 0.205 bits per heavy atom. The van der Waals surface area contributed by atoms with Crippen molar-refractivity contribution in [3.8, 4) is 0 Å². The Morgan fingerprint density at radius 3 is 0.538 bits per heavy atom. The highest BCUT2D eigenvalue weighted by Gasteiger charge is 2.05. The van der Waals surface area contributed by atoms with Gasteiger partial charge in [0.15, 0.2) is 0 Å². The van der Waals surface area contributed by atoms with Crippen LogP contribution in [0.4, 0.5) is 0 Å². The fraction of sp³-hybridized carbons (Fsp3) is 1.00. The second kappa shape index (κ2) is 36.0. The molecule has 39 heavy (non-hydrogen) atoms. The van der Waals surface area contributed by atoms with E-state index >= 15 is 0 Å². The van der Waals surface area contributed by atoms with E-state index in [0.29, 0.717) is 0 Å². The molecule has 1 nitrogen and oxygen atoms in total. The monoisotopic (exact) mass is 550 g/mol. The molecule has 0 fully saturated rings. The fourth-order valence-corrected chi connectivity index (χ4v) is 6.16. The summed E-state index contributed by atoms with van der Waals surface area (Å²) in [4.78, 5) is 2.83. The summed E-state index contributed by atoms with van der Waals surface area (Å²) in [5.74, 6) is 0. The van der Waals surface area contributed by atoms with Gasteiger partial charge in [0, 0.05) is 0 Å². The summed E-state index contributed by atoms with van der Waals surface area (Å²) in [6, 6.07) is 0. The zero-order valence-electron chi connectivity index (χ0n) is 28.2. The van der Waals surface area contributed by atoms with Crippen LogP contribution in [0.1, 0.15) is 226 Å². The van der Waals surface area contributed by atoms with Crippen LogP contribution in [-0.4, -0.2) is 24.5 Å². The Hall–Kier alpha value is -0.0400. The van der Waals surface area contributed by atoms with Gasteiger partial charge in [-0.2, -0.15) is 0 Å². The summed E-state index contributed by atoms with van der Waals surface area (Å²) in [5, 5.41) is 0. The molecule has 0 aliphatic carbocycles. The first-order chi connectivity index (χ1) is 19.3. The van der Waals surface area contributed by atoms with Crippen LogP contribution in [0.15, 0.2) is 0 Å². The van der Waals surface area contributed by atoms with Crippen molar-refractivity contribution in [2.45, 2.75) is 226 Å². The van der Waals surface area contributed by atoms with Gasteiger partial charge in [-0.3, -0.25) is 0 Å². The lowest BCUT2D eigenvalue weighted by molar-refractivity contribution is 0.254. The van der Waals surface area contributed by atoms with Crippen molar-refractivity contribution in [3.63, 3.8) is 0 Å². The first kappa shape index (κ1) is 39.0. The summed E-state index contributed by atoms with van der Waals surface area (Å²) >= 11 is 0. The Kier molecular flexibility index (Phi) is 35.9. The zero-order chi connectivity index (χ0) is 28.3. The van der Waals surface area contributed by atoms with Crippen molar-refractivity contribution < 1.29 is 0 Å². The smallest absolute Gasteiger partial charge is 0.00187 e. The molecule has 236 valence electrons. The molecule has 0 bridgehead atoms. The number of rotatable bonds is 35. The predicted molar refractivity (Wildman–Crippen MR) is 181 cm³/mol. The maximum absolute atomic E-state index is 2.83. The number of hydrogen-bond acceptors (Lipinski definition) is 1. The van der Waals surface area contributed by atoms with Crippen LogP contribution >= 0.6 is 0 Å². The van der Waals surface area contributed by atoms with Crippen molar-refractivity contribution in [2.24, 2.45) is 0 Å². The van der Waals surface area contributed by atoms with E-state index in [9.17, 15) is 0 Å². The number of hydrogen-bond donors (Lipinski definition) is 0. The molecule has 0 saturated heterocycles. The Labute approximate surface area is 250 Å². The highest BCUT2D eigenvalue weighted by atomic mass is 15.1. The van der Waals surface area contributed by atoms with Gasteiger partial charge >= 0.3 is 0 Å². The normalized spacial score (nSPS) is 11.7. The van der Waals surface area contributed by atoms with Crippen LogP contribution in [0.5, 0.6) is 0 Å². The third-order valence-corrected chi connectivity index (χ3v) is 8.98. The molecular weight excluding hydrogens is 470 g/mol. The first-order valence-corrected chi connectivity index (χ1v) is 19.1. The van der Waals surface area contributed by atoms with E-state index in [1.165, 1.54) is 225 Å². The van der Waals surface area contributed by atoms with Crippen LogP contribution in [-0.2, 0) is 0 Å². The molecule has 0 atom stereocenters. The highest BCUT2D eigenvalue weighted by Crippen LogP contribution is 2.15. The first-order valence-electron chi connectivity index (χ1n) is 19.1. The van der Waals surface area contributed by atoms with Gasteiger partial charge in [-0.1, -0.05) is 207 Å². The lowest BCUT2D eigenvalue weighted by Gasteiger charge is -2.22. The lowest BCUT2D eigenvalue weighted by Crippen LogP contribution is -2.27. The third kappa shape index (κ3) is 34.1. The van der Waals surface area contributed by atoms with Crippen LogP contribution in [0.25, 0.3) is 0 Å². The number of nitrogens with zero attached hydrogens (tertiary/aromatic N) is 1. The molecule has 0 heterocycles. The second-order valence-electron chi connectivity index (χ2n) is 13.1. The van der Waals surface area contributed by atoms with E-state index in [-0.39, 0.29) is 0 Å². The molecule has 0 unspecified atom stereocenters. The molecule has 1 heteroatoms. The molecule has 0 aromatic rings. The standard InChI is InChI=1S/C38H79N/c1-4-7-10-13-16-17-18-19-20-21-22-23-24-25-26-27-28-29-32-35-38-39(36-33-30-14-11-8-5-2)37-34-31-15-12-9-6-3/h4-38H2,1-3H3. The number of unbranched alkanes of at least 4 members (excludes halogenated alkanes) is 29. The summed E-state index contributed by atoms with van der Waals surface area (Å²) in [7, 11) is 0. The maximum Gasteiger partial charge on any atom is -0.00187 e. The molecule has 0 aromatic carbocycles. The van der Waals surface area contributed by atoms with Gasteiger partial charge in [-0.25, -0.2) is 0 Å². The van der Waals surface area contributed by atoms with E-state index < -0.39 is 0 Å². The lowest BCUT2D eigenvalue weighted by atomic mass is 10.0. The van der Waals surface area contributed by atoms with Crippen molar-refractivity contribution in [1.82, 2.24) is 4.90 Å². The molecule has 0 aliphatic rings. The molecule has 0 aliphatic heterocycles. The zero-order valence-corrected chi connectivity index (χ0v) is 28.2. The predicted octanol–water partition coefficient (Wildman–Crippen LogP) is 13.8.